The van der Waals surface area contributed by atoms with Gasteiger partial charge in [-0.05, 0) is 32.2 Å². The van der Waals surface area contributed by atoms with Gasteiger partial charge in [-0.25, -0.2) is 0 Å². The van der Waals surface area contributed by atoms with Crippen LogP contribution in [-0.2, 0) is 14.3 Å². The van der Waals surface area contributed by atoms with Crippen LogP contribution in [0.25, 0.3) is 0 Å². The smallest absolute Gasteiger partial charge is 0.248 e. The zero-order valence-corrected chi connectivity index (χ0v) is 10.8. The van der Waals surface area contributed by atoms with Gasteiger partial charge in [0.25, 0.3) is 0 Å². The lowest BCUT2D eigenvalue weighted by molar-refractivity contribution is -0.132. The van der Waals surface area contributed by atoms with Crippen molar-refractivity contribution in [1.82, 2.24) is 10.6 Å². The number of hydrogen-bond acceptors (Lipinski definition) is 4. The number of carbonyl (C=O) groups is 1. The summed E-state index contributed by atoms with van der Waals surface area (Å²) in [6, 6.07) is 0. The number of amides is 1. The standard InChI is InChI=1S/C12H24N2O3/c1-10(12(15)14-6-7-16-2)17-9-11-4-3-5-13-8-11/h10-11,13H,3-9H2,1-2H3,(H,14,15). The molecule has 1 heterocycles. The number of nitrogens with one attached hydrogen (secondary N) is 2. The zero-order valence-electron chi connectivity index (χ0n) is 10.8. The molecule has 0 aromatic rings. The molecule has 2 N–H and O–H groups in total. The lowest BCUT2D eigenvalue weighted by Gasteiger charge is -2.24. The summed E-state index contributed by atoms with van der Waals surface area (Å²) in [5, 5.41) is 6.10. The minimum absolute atomic E-state index is 0.0641. The average molecular weight is 244 g/mol. The average Bonchev–Trinajstić information content (AvgIpc) is 2.37. The molecular formula is C12H24N2O3. The summed E-state index contributed by atoms with van der Waals surface area (Å²) >= 11 is 0. The van der Waals surface area contributed by atoms with Crippen LogP contribution in [0.1, 0.15) is 19.8 Å². The third kappa shape index (κ3) is 6.00. The summed E-state index contributed by atoms with van der Waals surface area (Å²) in [6.45, 7) is 5.62. The Balaban J connectivity index is 2.10. The fourth-order valence-corrected chi connectivity index (χ4v) is 1.84. The molecule has 17 heavy (non-hydrogen) atoms. The second-order valence-corrected chi connectivity index (χ2v) is 4.47. The molecule has 0 spiro atoms. The highest BCUT2D eigenvalue weighted by Gasteiger charge is 2.17. The minimum atomic E-state index is -0.381. The van der Waals surface area contributed by atoms with Gasteiger partial charge >= 0.3 is 0 Å². The summed E-state index contributed by atoms with van der Waals surface area (Å²) in [5.74, 6) is 0.476. The Bertz CT molecular complexity index is 218. The number of rotatable bonds is 7. The molecule has 1 rings (SSSR count). The van der Waals surface area contributed by atoms with Gasteiger partial charge in [0.05, 0.1) is 13.2 Å². The van der Waals surface area contributed by atoms with E-state index in [2.05, 4.69) is 10.6 Å². The largest absolute Gasteiger partial charge is 0.383 e. The number of hydrogen-bond donors (Lipinski definition) is 2. The van der Waals surface area contributed by atoms with Crippen LogP contribution in [0.5, 0.6) is 0 Å². The molecular weight excluding hydrogens is 220 g/mol. The van der Waals surface area contributed by atoms with Crippen LogP contribution in [0.3, 0.4) is 0 Å². The summed E-state index contributed by atoms with van der Waals surface area (Å²) in [5.41, 5.74) is 0. The second-order valence-electron chi connectivity index (χ2n) is 4.47. The molecule has 0 aromatic carbocycles. The molecule has 0 aromatic heterocycles. The van der Waals surface area contributed by atoms with E-state index in [-0.39, 0.29) is 12.0 Å². The van der Waals surface area contributed by atoms with Gasteiger partial charge < -0.3 is 20.1 Å². The molecule has 5 nitrogen and oxygen atoms in total. The van der Waals surface area contributed by atoms with Crippen molar-refractivity contribution < 1.29 is 14.3 Å². The Labute approximate surface area is 103 Å². The van der Waals surface area contributed by atoms with Crippen molar-refractivity contribution in [2.24, 2.45) is 5.92 Å². The van der Waals surface area contributed by atoms with Gasteiger partial charge in [-0.3, -0.25) is 4.79 Å². The predicted octanol–water partition coefficient (Wildman–Crippen LogP) is 0.154. The quantitative estimate of drug-likeness (QED) is 0.626. The zero-order chi connectivity index (χ0) is 12.5. The number of ether oxygens (including phenoxy) is 2. The van der Waals surface area contributed by atoms with Crippen molar-refractivity contribution in [2.75, 3.05) is 40.0 Å². The van der Waals surface area contributed by atoms with Crippen LogP contribution in [0.15, 0.2) is 0 Å². The van der Waals surface area contributed by atoms with E-state index in [0.29, 0.717) is 25.7 Å². The molecule has 100 valence electrons. The molecule has 1 aliphatic heterocycles. The molecule has 2 unspecified atom stereocenters. The van der Waals surface area contributed by atoms with Crippen molar-refractivity contribution in [2.45, 2.75) is 25.9 Å². The van der Waals surface area contributed by atoms with E-state index in [9.17, 15) is 4.79 Å². The third-order valence-corrected chi connectivity index (χ3v) is 2.96. The maximum absolute atomic E-state index is 11.6. The first-order valence-electron chi connectivity index (χ1n) is 6.33. The SMILES string of the molecule is COCCNC(=O)C(C)OCC1CCCNC1. The summed E-state index contributed by atoms with van der Waals surface area (Å²) in [7, 11) is 1.61. The molecule has 1 aliphatic rings. The van der Waals surface area contributed by atoms with E-state index in [4.69, 9.17) is 9.47 Å². The Morgan fingerprint density at radius 1 is 1.59 bits per heavy atom. The van der Waals surface area contributed by atoms with E-state index in [1.165, 1.54) is 12.8 Å². The number of piperidine rings is 1. The van der Waals surface area contributed by atoms with Crippen molar-refractivity contribution >= 4 is 5.91 Å². The molecule has 1 fully saturated rings. The van der Waals surface area contributed by atoms with Crippen molar-refractivity contribution in [3.05, 3.63) is 0 Å². The monoisotopic (exact) mass is 244 g/mol. The molecule has 2 atom stereocenters. The second kappa shape index (κ2) is 8.44. The van der Waals surface area contributed by atoms with Gasteiger partial charge in [-0.2, -0.15) is 0 Å². The van der Waals surface area contributed by atoms with Crippen LogP contribution in [-0.4, -0.2) is 52.0 Å². The fraction of sp³-hybridized carbons (Fsp3) is 0.917. The Kier molecular flexibility index (Phi) is 7.16. The normalized spacial score (nSPS) is 22.1. The van der Waals surface area contributed by atoms with Crippen molar-refractivity contribution in [3.63, 3.8) is 0 Å². The van der Waals surface area contributed by atoms with E-state index in [1.54, 1.807) is 14.0 Å². The first-order chi connectivity index (χ1) is 8.24. The van der Waals surface area contributed by atoms with E-state index >= 15 is 0 Å². The van der Waals surface area contributed by atoms with Gasteiger partial charge in [0, 0.05) is 20.2 Å². The Hall–Kier alpha value is -0.650. The predicted molar refractivity (Wildman–Crippen MR) is 65.9 cm³/mol. The van der Waals surface area contributed by atoms with Crippen LogP contribution in [0.2, 0.25) is 0 Å². The van der Waals surface area contributed by atoms with Gasteiger partial charge in [0.1, 0.15) is 6.10 Å². The van der Waals surface area contributed by atoms with Gasteiger partial charge in [0.15, 0.2) is 0 Å². The highest BCUT2D eigenvalue weighted by atomic mass is 16.5. The topological polar surface area (TPSA) is 59.6 Å². The lowest BCUT2D eigenvalue weighted by atomic mass is 10.0. The molecule has 0 saturated carbocycles. The summed E-state index contributed by atoms with van der Waals surface area (Å²) < 4.78 is 10.4. The van der Waals surface area contributed by atoms with Crippen LogP contribution < -0.4 is 10.6 Å². The minimum Gasteiger partial charge on any atom is -0.383 e. The Morgan fingerprint density at radius 2 is 2.41 bits per heavy atom. The summed E-state index contributed by atoms with van der Waals surface area (Å²) in [4.78, 5) is 11.6. The van der Waals surface area contributed by atoms with Crippen LogP contribution in [0.4, 0.5) is 0 Å². The first kappa shape index (κ1) is 14.4. The van der Waals surface area contributed by atoms with Gasteiger partial charge in [-0.15, -0.1) is 0 Å². The highest BCUT2D eigenvalue weighted by Crippen LogP contribution is 2.10. The van der Waals surface area contributed by atoms with Crippen LogP contribution in [0, 0.1) is 5.92 Å². The fourth-order valence-electron chi connectivity index (χ4n) is 1.84. The maximum Gasteiger partial charge on any atom is 0.248 e. The summed E-state index contributed by atoms with van der Waals surface area (Å²) in [6.07, 6.45) is 2.00. The molecule has 0 radical (unpaired) electrons. The Morgan fingerprint density at radius 3 is 3.06 bits per heavy atom. The maximum atomic E-state index is 11.6. The first-order valence-corrected chi connectivity index (χ1v) is 6.33. The molecule has 1 amide bonds. The van der Waals surface area contributed by atoms with Gasteiger partial charge in [-0.1, -0.05) is 0 Å². The molecule has 0 aliphatic carbocycles. The third-order valence-electron chi connectivity index (χ3n) is 2.96. The van der Waals surface area contributed by atoms with E-state index in [1.807, 2.05) is 0 Å². The number of carbonyl (C=O) groups excluding carboxylic acids is 1. The molecule has 0 bridgehead atoms. The van der Waals surface area contributed by atoms with Crippen molar-refractivity contribution in [1.29, 1.82) is 0 Å². The van der Waals surface area contributed by atoms with E-state index in [0.717, 1.165) is 13.1 Å². The molecule has 1 saturated heterocycles. The number of methoxy groups -OCH3 is 1. The van der Waals surface area contributed by atoms with Crippen molar-refractivity contribution in [3.8, 4) is 0 Å². The van der Waals surface area contributed by atoms with Gasteiger partial charge in [0.2, 0.25) is 5.91 Å². The highest BCUT2D eigenvalue weighted by molar-refractivity contribution is 5.80. The van der Waals surface area contributed by atoms with Crippen LogP contribution >= 0.6 is 0 Å². The lowest BCUT2D eigenvalue weighted by Crippen LogP contribution is -2.39. The van der Waals surface area contributed by atoms with E-state index < -0.39 is 0 Å². The molecule has 5 heteroatoms.